The summed E-state index contributed by atoms with van der Waals surface area (Å²) >= 11 is 0. The van der Waals surface area contributed by atoms with E-state index >= 15 is 0 Å². The summed E-state index contributed by atoms with van der Waals surface area (Å²) in [5, 5.41) is 4.89. The van der Waals surface area contributed by atoms with Crippen LogP contribution in [0, 0.1) is 5.92 Å². The van der Waals surface area contributed by atoms with Crippen LogP contribution in [0.3, 0.4) is 0 Å². The van der Waals surface area contributed by atoms with E-state index < -0.39 is 5.54 Å². The molecule has 1 aliphatic carbocycles. The molecule has 0 aromatic heterocycles. The van der Waals surface area contributed by atoms with Gasteiger partial charge in [0.15, 0.2) is 0 Å². The second-order valence-electron chi connectivity index (χ2n) is 7.21. The zero-order valence-electron chi connectivity index (χ0n) is 15.0. The van der Waals surface area contributed by atoms with Gasteiger partial charge in [-0.05, 0) is 23.8 Å². The summed E-state index contributed by atoms with van der Waals surface area (Å²) in [6.07, 6.45) is 6.75. The lowest BCUT2D eigenvalue weighted by Crippen LogP contribution is -2.58. The van der Waals surface area contributed by atoms with E-state index in [2.05, 4.69) is 17.4 Å². The third-order valence-corrected chi connectivity index (χ3v) is 5.29. The molecule has 2 aromatic rings. The first-order valence-corrected chi connectivity index (χ1v) is 9.24. The molecule has 0 spiro atoms. The molecule has 0 bridgehead atoms. The Bertz CT molecular complexity index is 719. The summed E-state index contributed by atoms with van der Waals surface area (Å²) in [5.74, 6) is 1.14. The van der Waals surface area contributed by atoms with Crippen LogP contribution < -0.4 is 15.8 Å². The molecule has 3 N–H and O–H groups in total. The van der Waals surface area contributed by atoms with Crippen LogP contribution in [0.5, 0.6) is 5.75 Å². The number of carbonyl (C=O) groups is 1. The molecule has 2 aromatic carbocycles. The summed E-state index contributed by atoms with van der Waals surface area (Å²) in [6.45, 7) is 0.192. The van der Waals surface area contributed by atoms with Gasteiger partial charge in [-0.3, -0.25) is 4.79 Å². The zero-order chi connectivity index (χ0) is 17.7. The van der Waals surface area contributed by atoms with Crippen LogP contribution in [-0.2, 0) is 4.79 Å². The Kier molecular flexibility index (Phi) is 5.59. The van der Waals surface area contributed by atoms with E-state index in [-0.39, 0.29) is 12.5 Å². The van der Waals surface area contributed by atoms with Crippen LogP contribution >= 0.6 is 0 Å². The van der Waals surface area contributed by atoms with Crippen molar-refractivity contribution in [1.82, 2.24) is 5.32 Å². The summed E-state index contributed by atoms with van der Waals surface area (Å²) < 4.78 is 6.06. The number of likely N-dealkylation sites (N-methyl/N-ethyl adjacent to an activating group) is 1. The van der Waals surface area contributed by atoms with Gasteiger partial charge < -0.3 is 15.8 Å². The highest BCUT2D eigenvalue weighted by atomic mass is 16.5. The summed E-state index contributed by atoms with van der Waals surface area (Å²) in [4.78, 5) is 12.5. The molecule has 0 aliphatic heterocycles. The molecule has 1 atom stereocenters. The lowest BCUT2D eigenvalue weighted by atomic mass is 9.79. The Morgan fingerprint density at radius 3 is 2.64 bits per heavy atom. The normalized spacial score (nSPS) is 17.8. The van der Waals surface area contributed by atoms with E-state index in [1.807, 2.05) is 30.3 Å². The first-order chi connectivity index (χ1) is 12.1. The van der Waals surface area contributed by atoms with Gasteiger partial charge >= 0.3 is 0 Å². The Balaban J connectivity index is 1.76. The second kappa shape index (κ2) is 7.87. The topological polar surface area (TPSA) is 64.4 Å². The Morgan fingerprint density at radius 1 is 1.16 bits per heavy atom. The maximum atomic E-state index is 12.5. The van der Waals surface area contributed by atoms with E-state index in [1.54, 1.807) is 7.05 Å². The highest BCUT2D eigenvalue weighted by molar-refractivity contribution is 5.88. The number of nitrogens with one attached hydrogen (secondary N) is 1. The number of nitrogens with two attached hydrogens (primary N) is 1. The number of hydrogen-bond acceptors (Lipinski definition) is 3. The second-order valence-corrected chi connectivity index (χ2v) is 7.21. The maximum absolute atomic E-state index is 12.5. The van der Waals surface area contributed by atoms with E-state index in [9.17, 15) is 4.79 Å². The van der Waals surface area contributed by atoms with E-state index in [0.29, 0.717) is 12.3 Å². The first kappa shape index (κ1) is 17.7. The van der Waals surface area contributed by atoms with Gasteiger partial charge in [0.05, 0.1) is 0 Å². The number of ether oxygens (including phenoxy) is 1. The van der Waals surface area contributed by atoms with Crippen LogP contribution in [-0.4, -0.2) is 25.1 Å². The molecule has 1 aliphatic rings. The summed E-state index contributed by atoms with van der Waals surface area (Å²) in [5.41, 5.74) is 5.55. The van der Waals surface area contributed by atoms with Gasteiger partial charge in [-0.15, -0.1) is 0 Å². The lowest BCUT2D eigenvalue weighted by molar-refractivity contribution is -0.127. The summed E-state index contributed by atoms with van der Waals surface area (Å²) in [7, 11) is 1.64. The fourth-order valence-electron chi connectivity index (χ4n) is 3.90. The van der Waals surface area contributed by atoms with Gasteiger partial charge in [0.2, 0.25) is 5.91 Å². The monoisotopic (exact) mass is 340 g/mol. The van der Waals surface area contributed by atoms with E-state index in [1.165, 1.54) is 19.3 Å². The number of carbonyl (C=O) groups excluding carboxylic acids is 1. The molecule has 1 saturated carbocycles. The fourth-order valence-corrected chi connectivity index (χ4v) is 3.90. The van der Waals surface area contributed by atoms with E-state index in [4.69, 9.17) is 10.5 Å². The van der Waals surface area contributed by atoms with Gasteiger partial charge in [-0.2, -0.15) is 0 Å². The first-order valence-electron chi connectivity index (χ1n) is 9.24. The molecule has 1 amide bonds. The molecule has 0 heterocycles. The van der Waals surface area contributed by atoms with E-state index in [0.717, 1.165) is 29.4 Å². The number of amides is 1. The smallest absolute Gasteiger partial charge is 0.243 e. The van der Waals surface area contributed by atoms with Gasteiger partial charge in [0.1, 0.15) is 17.9 Å². The molecule has 25 heavy (non-hydrogen) atoms. The minimum atomic E-state index is -0.992. The third-order valence-electron chi connectivity index (χ3n) is 5.29. The van der Waals surface area contributed by atoms with Crippen molar-refractivity contribution >= 4 is 16.7 Å². The standard InChI is InChI=1S/C21H28N2O2/c1-23-20(24)21(22,14-16-8-3-2-4-9-16)15-25-19-13-7-11-17-10-5-6-12-18(17)19/h5-7,10-13,16H,2-4,8-9,14-15,22H2,1H3,(H,23,24). The molecule has 1 fully saturated rings. The van der Waals surface area contributed by atoms with Gasteiger partial charge in [-0.25, -0.2) is 0 Å². The van der Waals surface area contributed by atoms with Crippen molar-refractivity contribution in [2.45, 2.75) is 44.1 Å². The fraction of sp³-hybridized carbons (Fsp3) is 0.476. The molecular weight excluding hydrogens is 312 g/mol. The Labute approximate surface area is 149 Å². The predicted molar refractivity (Wildman–Crippen MR) is 102 cm³/mol. The maximum Gasteiger partial charge on any atom is 0.243 e. The quantitative estimate of drug-likeness (QED) is 0.844. The van der Waals surface area contributed by atoms with Gasteiger partial charge in [-0.1, -0.05) is 68.5 Å². The molecule has 1 unspecified atom stereocenters. The highest BCUT2D eigenvalue weighted by Crippen LogP contribution is 2.31. The molecular formula is C21H28N2O2. The molecule has 4 heteroatoms. The van der Waals surface area contributed by atoms with Crippen molar-refractivity contribution in [2.75, 3.05) is 13.7 Å². The largest absolute Gasteiger partial charge is 0.490 e. The Hall–Kier alpha value is -2.07. The number of benzene rings is 2. The number of fused-ring (bicyclic) bond motifs is 1. The molecule has 0 saturated heterocycles. The average molecular weight is 340 g/mol. The third kappa shape index (κ3) is 4.13. The van der Waals surface area contributed by atoms with Crippen molar-refractivity contribution in [2.24, 2.45) is 11.7 Å². The molecule has 4 nitrogen and oxygen atoms in total. The lowest BCUT2D eigenvalue weighted by Gasteiger charge is -2.33. The van der Waals surface area contributed by atoms with Crippen molar-refractivity contribution in [1.29, 1.82) is 0 Å². The number of rotatable bonds is 6. The highest BCUT2D eigenvalue weighted by Gasteiger charge is 2.37. The summed E-state index contributed by atoms with van der Waals surface area (Å²) in [6, 6.07) is 14.0. The zero-order valence-corrected chi connectivity index (χ0v) is 15.0. The van der Waals surface area contributed by atoms with Crippen LogP contribution in [0.1, 0.15) is 38.5 Å². The minimum Gasteiger partial charge on any atom is -0.490 e. The Morgan fingerprint density at radius 2 is 1.88 bits per heavy atom. The van der Waals surface area contributed by atoms with Crippen LogP contribution in [0.15, 0.2) is 42.5 Å². The average Bonchev–Trinajstić information content (AvgIpc) is 2.66. The van der Waals surface area contributed by atoms with Crippen LogP contribution in [0.4, 0.5) is 0 Å². The van der Waals surface area contributed by atoms with Crippen LogP contribution in [0.25, 0.3) is 10.8 Å². The van der Waals surface area contributed by atoms with Gasteiger partial charge in [0.25, 0.3) is 0 Å². The van der Waals surface area contributed by atoms with Crippen molar-refractivity contribution in [3.63, 3.8) is 0 Å². The van der Waals surface area contributed by atoms with Crippen LogP contribution in [0.2, 0.25) is 0 Å². The predicted octanol–water partition coefficient (Wildman–Crippen LogP) is 3.63. The minimum absolute atomic E-state index is 0.140. The van der Waals surface area contributed by atoms with Crippen molar-refractivity contribution < 1.29 is 9.53 Å². The number of hydrogen-bond donors (Lipinski definition) is 2. The molecule has 3 rings (SSSR count). The molecule has 134 valence electrons. The van der Waals surface area contributed by atoms with Crippen molar-refractivity contribution in [3.8, 4) is 5.75 Å². The van der Waals surface area contributed by atoms with Gasteiger partial charge in [0, 0.05) is 12.4 Å². The molecule has 0 radical (unpaired) electrons. The SMILES string of the molecule is CNC(=O)C(N)(COc1cccc2ccccc12)CC1CCCCC1. The van der Waals surface area contributed by atoms with Crippen molar-refractivity contribution in [3.05, 3.63) is 42.5 Å².